The van der Waals surface area contributed by atoms with Gasteiger partial charge in [0, 0.05) is 12.0 Å². The lowest BCUT2D eigenvalue weighted by molar-refractivity contribution is -0.169. The zero-order chi connectivity index (χ0) is 16.0. The molecule has 21 heavy (non-hydrogen) atoms. The molecule has 1 N–H and O–H groups in total. The molecular formula is C15H18O6. The average Bonchev–Trinajstić information content (AvgIpc) is 2.44. The van der Waals surface area contributed by atoms with Crippen LogP contribution in [0.25, 0.3) is 0 Å². The third-order valence-corrected chi connectivity index (χ3v) is 3.56. The fourth-order valence-corrected chi connectivity index (χ4v) is 2.39. The van der Waals surface area contributed by atoms with Gasteiger partial charge < -0.3 is 14.6 Å². The van der Waals surface area contributed by atoms with Gasteiger partial charge in [-0.15, -0.1) is 0 Å². The average molecular weight is 294 g/mol. The summed E-state index contributed by atoms with van der Waals surface area (Å²) >= 11 is 0. The van der Waals surface area contributed by atoms with Crippen molar-refractivity contribution >= 4 is 24.2 Å². The maximum Gasteiger partial charge on any atom is 0.340 e. The molecule has 1 aliphatic rings. The van der Waals surface area contributed by atoms with Crippen molar-refractivity contribution in [1.29, 1.82) is 0 Å². The standard InChI is InChI=1S/C15H18O6/c1-10(2)12(17)21-13(18)11-6-3-4-7-15(11,14(19)20)8-5-9-16/h4,7,9,11H,1,3,5-6,8H2,2H3,(H,19,20). The number of rotatable bonds is 6. The van der Waals surface area contributed by atoms with E-state index in [1.165, 1.54) is 13.0 Å². The molecule has 0 saturated carbocycles. The molecule has 0 radical (unpaired) electrons. The number of carbonyl (C=O) groups excluding carboxylic acids is 3. The molecular weight excluding hydrogens is 276 g/mol. The Kier molecular flexibility index (Phi) is 5.58. The molecule has 114 valence electrons. The summed E-state index contributed by atoms with van der Waals surface area (Å²) in [7, 11) is 0. The Balaban J connectivity index is 3.05. The van der Waals surface area contributed by atoms with Crippen molar-refractivity contribution < 1.29 is 29.0 Å². The second-order valence-corrected chi connectivity index (χ2v) is 5.07. The summed E-state index contributed by atoms with van der Waals surface area (Å²) in [5.41, 5.74) is -1.45. The van der Waals surface area contributed by atoms with E-state index >= 15 is 0 Å². The van der Waals surface area contributed by atoms with Crippen molar-refractivity contribution in [3.63, 3.8) is 0 Å². The second-order valence-electron chi connectivity index (χ2n) is 5.07. The van der Waals surface area contributed by atoms with Gasteiger partial charge in [0.05, 0.1) is 11.3 Å². The number of ether oxygens (including phenoxy) is 1. The molecule has 0 heterocycles. The van der Waals surface area contributed by atoms with E-state index in [1.54, 1.807) is 6.08 Å². The van der Waals surface area contributed by atoms with Crippen LogP contribution in [0.4, 0.5) is 0 Å². The summed E-state index contributed by atoms with van der Waals surface area (Å²) in [5.74, 6) is -3.96. The van der Waals surface area contributed by atoms with Crippen LogP contribution in [0.2, 0.25) is 0 Å². The van der Waals surface area contributed by atoms with Gasteiger partial charge in [0.2, 0.25) is 0 Å². The molecule has 1 aliphatic carbocycles. The van der Waals surface area contributed by atoms with Gasteiger partial charge >= 0.3 is 17.9 Å². The molecule has 0 aromatic heterocycles. The van der Waals surface area contributed by atoms with Crippen LogP contribution in [0.3, 0.4) is 0 Å². The predicted molar refractivity (Wildman–Crippen MR) is 73.1 cm³/mol. The number of allylic oxidation sites excluding steroid dienone is 1. The smallest absolute Gasteiger partial charge is 0.340 e. The second kappa shape index (κ2) is 6.97. The third-order valence-electron chi connectivity index (χ3n) is 3.56. The number of esters is 2. The first-order valence-electron chi connectivity index (χ1n) is 6.61. The topological polar surface area (TPSA) is 97.7 Å². The number of hydrogen-bond donors (Lipinski definition) is 1. The fraction of sp³-hybridized carbons (Fsp3) is 0.467. The van der Waals surface area contributed by atoms with E-state index in [0.717, 1.165) is 0 Å². The highest BCUT2D eigenvalue weighted by Gasteiger charge is 2.49. The molecule has 0 amide bonds. The van der Waals surface area contributed by atoms with Crippen LogP contribution in [-0.4, -0.2) is 29.3 Å². The fourth-order valence-electron chi connectivity index (χ4n) is 2.39. The van der Waals surface area contributed by atoms with Crippen LogP contribution in [0.1, 0.15) is 32.6 Å². The quantitative estimate of drug-likeness (QED) is 0.263. The molecule has 2 unspecified atom stereocenters. The van der Waals surface area contributed by atoms with Gasteiger partial charge in [-0.3, -0.25) is 9.59 Å². The van der Waals surface area contributed by atoms with Crippen molar-refractivity contribution in [2.45, 2.75) is 32.6 Å². The van der Waals surface area contributed by atoms with E-state index in [2.05, 4.69) is 11.3 Å². The van der Waals surface area contributed by atoms with E-state index in [4.69, 9.17) is 0 Å². The lowest BCUT2D eigenvalue weighted by Gasteiger charge is -2.35. The third kappa shape index (κ3) is 3.65. The van der Waals surface area contributed by atoms with E-state index in [1.807, 2.05) is 0 Å². The maximum absolute atomic E-state index is 12.1. The van der Waals surface area contributed by atoms with Crippen molar-refractivity contribution in [1.82, 2.24) is 0 Å². The summed E-state index contributed by atoms with van der Waals surface area (Å²) in [6.07, 6.45) is 4.47. The SMILES string of the molecule is C=C(C)C(=O)OC(=O)C1CCC=CC1(CCC=O)C(=O)O. The molecule has 0 aromatic rings. The lowest BCUT2D eigenvalue weighted by atomic mass is 9.67. The maximum atomic E-state index is 12.1. The first-order chi connectivity index (χ1) is 9.85. The van der Waals surface area contributed by atoms with Crippen LogP contribution >= 0.6 is 0 Å². The van der Waals surface area contributed by atoms with Gasteiger partial charge in [-0.05, 0) is 26.2 Å². The van der Waals surface area contributed by atoms with Gasteiger partial charge in [-0.25, -0.2) is 4.79 Å². The van der Waals surface area contributed by atoms with Crippen LogP contribution in [-0.2, 0) is 23.9 Å². The first kappa shape index (κ1) is 16.8. The van der Waals surface area contributed by atoms with Crippen LogP contribution < -0.4 is 0 Å². The largest absolute Gasteiger partial charge is 0.481 e. The van der Waals surface area contributed by atoms with Crippen molar-refractivity contribution in [2.75, 3.05) is 0 Å². The summed E-state index contributed by atoms with van der Waals surface area (Å²) in [5, 5.41) is 9.50. The normalized spacial score (nSPS) is 24.1. The van der Waals surface area contributed by atoms with E-state index < -0.39 is 29.2 Å². The highest BCUT2D eigenvalue weighted by atomic mass is 16.6. The number of carboxylic acid groups (broad SMARTS) is 1. The highest BCUT2D eigenvalue weighted by molar-refractivity contribution is 5.97. The zero-order valence-corrected chi connectivity index (χ0v) is 11.8. The Morgan fingerprint density at radius 3 is 2.67 bits per heavy atom. The van der Waals surface area contributed by atoms with E-state index in [0.29, 0.717) is 12.7 Å². The molecule has 0 saturated heterocycles. The molecule has 2 atom stereocenters. The minimum absolute atomic E-state index is 0.00878. The van der Waals surface area contributed by atoms with Crippen molar-refractivity contribution in [3.05, 3.63) is 24.3 Å². The number of aldehydes is 1. The Bertz CT molecular complexity index is 504. The summed E-state index contributed by atoms with van der Waals surface area (Å²) in [4.78, 5) is 45.7. The minimum atomic E-state index is -1.51. The summed E-state index contributed by atoms with van der Waals surface area (Å²) in [6.45, 7) is 4.77. The molecule has 6 nitrogen and oxygen atoms in total. The van der Waals surface area contributed by atoms with Crippen LogP contribution in [0, 0.1) is 11.3 Å². The Morgan fingerprint density at radius 2 is 2.14 bits per heavy atom. The number of hydrogen-bond acceptors (Lipinski definition) is 5. The number of carbonyl (C=O) groups is 4. The molecule has 6 heteroatoms. The molecule has 0 spiro atoms. The van der Waals surface area contributed by atoms with Crippen LogP contribution in [0.15, 0.2) is 24.3 Å². The Morgan fingerprint density at radius 1 is 1.48 bits per heavy atom. The predicted octanol–water partition coefficient (Wildman–Crippen LogP) is 1.65. The summed E-state index contributed by atoms with van der Waals surface area (Å²) < 4.78 is 4.67. The van der Waals surface area contributed by atoms with E-state index in [9.17, 15) is 24.3 Å². The number of aliphatic carboxylic acids is 1. The van der Waals surface area contributed by atoms with Gasteiger partial charge in [0.25, 0.3) is 0 Å². The van der Waals surface area contributed by atoms with Gasteiger partial charge in [0.1, 0.15) is 6.29 Å². The van der Waals surface area contributed by atoms with Crippen LogP contribution in [0.5, 0.6) is 0 Å². The van der Waals surface area contributed by atoms with Gasteiger partial charge in [0.15, 0.2) is 0 Å². The molecule has 0 aromatic carbocycles. The van der Waals surface area contributed by atoms with Gasteiger partial charge in [-0.2, -0.15) is 0 Å². The first-order valence-corrected chi connectivity index (χ1v) is 6.61. The molecule has 0 bridgehead atoms. The van der Waals surface area contributed by atoms with Crippen molar-refractivity contribution in [3.8, 4) is 0 Å². The van der Waals surface area contributed by atoms with Gasteiger partial charge in [-0.1, -0.05) is 18.7 Å². The molecule has 0 fully saturated rings. The lowest BCUT2D eigenvalue weighted by Crippen LogP contribution is -2.44. The van der Waals surface area contributed by atoms with Crippen molar-refractivity contribution in [2.24, 2.45) is 11.3 Å². The highest BCUT2D eigenvalue weighted by Crippen LogP contribution is 2.42. The molecule has 1 rings (SSSR count). The van der Waals surface area contributed by atoms with E-state index in [-0.39, 0.29) is 24.8 Å². The Hall–Kier alpha value is -2.24. The minimum Gasteiger partial charge on any atom is -0.481 e. The number of carboxylic acids is 1. The monoisotopic (exact) mass is 294 g/mol. The zero-order valence-electron chi connectivity index (χ0n) is 11.8. The summed E-state index contributed by atoms with van der Waals surface area (Å²) in [6, 6.07) is 0. The Labute approximate surface area is 122 Å². The molecule has 0 aliphatic heterocycles.